The van der Waals surface area contributed by atoms with E-state index >= 15 is 0 Å². The number of hydrogen-bond donors (Lipinski definition) is 2. The summed E-state index contributed by atoms with van der Waals surface area (Å²) in [5.74, 6) is 0.197. The fourth-order valence-electron chi connectivity index (χ4n) is 4.06. The number of fused-ring (bicyclic) bond motifs is 1. The predicted octanol–water partition coefficient (Wildman–Crippen LogP) is 6.29. The van der Waals surface area contributed by atoms with Gasteiger partial charge in [-0.25, -0.2) is 4.68 Å². The highest BCUT2D eigenvalue weighted by molar-refractivity contribution is 6.34. The van der Waals surface area contributed by atoms with Gasteiger partial charge in [0, 0.05) is 23.5 Å². The number of carbonyl (C=O) groups excluding carboxylic acids is 2. The van der Waals surface area contributed by atoms with Crippen molar-refractivity contribution in [2.45, 2.75) is 46.1 Å². The van der Waals surface area contributed by atoms with Crippen molar-refractivity contribution in [2.24, 2.45) is 5.41 Å². The number of anilines is 1. The molecule has 0 bridgehead atoms. The summed E-state index contributed by atoms with van der Waals surface area (Å²) >= 11 is 6.37. The van der Waals surface area contributed by atoms with Gasteiger partial charge >= 0.3 is 0 Å². The number of benzene rings is 2. The van der Waals surface area contributed by atoms with Crippen LogP contribution in [0.25, 0.3) is 16.6 Å². The molecule has 2 aromatic carbocycles. The summed E-state index contributed by atoms with van der Waals surface area (Å²) in [5, 5.41) is 11.6. The summed E-state index contributed by atoms with van der Waals surface area (Å²) in [6.45, 7) is 5.87. The third kappa shape index (κ3) is 5.78. The zero-order valence-electron chi connectivity index (χ0n) is 20.9. The van der Waals surface area contributed by atoms with Gasteiger partial charge in [-0.05, 0) is 60.2 Å². The van der Waals surface area contributed by atoms with E-state index in [9.17, 15) is 9.59 Å². The van der Waals surface area contributed by atoms with Crippen LogP contribution in [0.1, 0.15) is 61.0 Å². The molecule has 5 rings (SSSR count). The molecule has 2 heterocycles. The number of hydrogen-bond acceptors (Lipinski definition) is 4. The van der Waals surface area contributed by atoms with Crippen LogP contribution in [0, 0.1) is 5.41 Å². The minimum absolute atomic E-state index is 0. The van der Waals surface area contributed by atoms with Crippen molar-refractivity contribution in [1.82, 2.24) is 20.1 Å². The molecule has 192 valence electrons. The van der Waals surface area contributed by atoms with E-state index in [2.05, 4.69) is 26.8 Å². The third-order valence-corrected chi connectivity index (χ3v) is 6.64. The van der Waals surface area contributed by atoms with Crippen LogP contribution in [0.2, 0.25) is 5.02 Å². The number of pyridine rings is 1. The van der Waals surface area contributed by atoms with E-state index in [0.29, 0.717) is 28.7 Å². The Morgan fingerprint density at radius 2 is 1.86 bits per heavy atom. The van der Waals surface area contributed by atoms with Gasteiger partial charge in [0.1, 0.15) is 0 Å². The minimum atomic E-state index is -0.495. The quantitative estimate of drug-likeness (QED) is 0.302. The van der Waals surface area contributed by atoms with Gasteiger partial charge in [-0.15, -0.1) is 12.4 Å². The molecule has 0 aliphatic heterocycles. The Morgan fingerprint density at radius 1 is 1.08 bits per heavy atom. The van der Waals surface area contributed by atoms with Crippen molar-refractivity contribution in [3.63, 3.8) is 0 Å². The van der Waals surface area contributed by atoms with E-state index in [4.69, 9.17) is 11.6 Å². The topological polar surface area (TPSA) is 88.9 Å². The first-order valence-electron chi connectivity index (χ1n) is 12.0. The largest absolute Gasteiger partial charge is 0.352 e. The zero-order chi connectivity index (χ0) is 25.4. The van der Waals surface area contributed by atoms with Crippen LogP contribution < -0.4 is 10.6 Å². The maximum atomic E-state index is 13.2. The van der Waals surface area contributed by atoms with Crippen LogP contribution in [-0.2, 0) is 11.3 Å². The highest BCUT2D eigenvalue weighted by Gasteiger charge is 2.24. The maximum Gasteiger partial charge on any atom is 0.257 e. The molecule has 1 fully saturated rings. The van der Waals surface area contributed by atoms with Gasteiger partial charge in [-0.3, -0.25) is 14.6 Å². The van der Waals surface area contributed by atoms with Crippen molar-refractivity contribution in [3.8, 4) is 5.69 Å². The molecule has 0 atom stereocenters. The number of rotatable bonds is 6. The van der Waals surface area contributed by atoms with Gasteiger partial charge in [0.05, 0.1) is 39.9 Å². The second-order valence-electron chi connectivity index (χ2n) is 10.2. The molecule has 0 radical (unpaired) electrons. The normalized spacial score (nSPS) is 13.2. The first-order valence-corrected chi connectivity index (χ1v) is 12.4. The number of carbonyl (C=O) groups is 2. The first-order chi connectivity index (χ1) is 17.2. The van der Waals surface area contributed by atoms with Crippen molar-refractivity contribution >= 4 is 52.4 Å². The molecular weight excluding hydrogens is 509 g/mol. The van der Waals surface area contributed by atoms with E-state index in [0.717, 1.165) is 22.2 Å². The third-order valence-electron chi connectivity index (χ3n) is 6.31. The summed E-state index contributed by atoms with van der Waals surface area (Å²) in [5.41, 5.74) is 4.26. The molecule has 0 spiro atoms. The Bertz CT molecular complexity index is 1470. The lowest BCUT2D eigenvalue weighted by Crippen LogP contribution is -2.34. The molecule has 9 heteroatoms. The SMILES string of the molecule is CC(C)(C)C(=O)NCc1ccc(Cl)c(C(=O)Nc2cccc3c2cnn3-c2cncc(C3CC3)c2)c1.Cl. The van der Waals surface area contributed by atoms with Crippen LogP contribution >= 0.6 is 24.0 Å². The monoisotopic (exact) mass is 537 g/mol. The standard InChI is InChI=1S/C28H28ClN5O2.ClH/c1-28(2,3)27(36)31-13-17-7-10-23(29)21(11-17)26(35)33-24-5-4-6-25-22(24)16-32-34(25)20-12-19(14-30-15-20)18-8-9-18;/h4-7,10-12,14-16,18H,8-9,13H2,1-3H3,(H,31,36)(H,33,35);1H. The van der Waals surface area contributed by atoms with Gasteiger partial charge in [-0.2, -0.15) is 5.10 Å². The molecule has 7 nitrogen and oxygen atoms in total. The Kier molecular flexibility index (Phi) is 7.57. The molecule has 2 amide bonds. The van der Waals surface area contributed by atoms with Gasteiger partial charge < -0.3 is 10.6 Å². The number of nitrogens with zero attached hydrogens (tertiary/aromatic N) is 3. The zero-order valence-corrected chi connectivity index (χ0v) is 22.5. The first kappa shape index (κ1) is 26.6. The van der Waals surface area contributed by atoms with Crippen LogP contribution in [0.5, 0.6) is 0 Å². The van der Waals surface area contributed by atoms with Crippen molar-refractivity contribution < 1.29 is 9.59 Å². The van der Waals surface area contributed by atoms with Crippen LogP contribution in [-0.4, -0.2) is 26.6 Å². The summed E-state index contributed by atoms with van der Waals surface area (Å²) < 4.78 is 1.84. The molecule has 1 aliphatic rings. The van der Waals surface area contributed by atoms with Crippen LogP contribution in [0.3, 0.4) is 0 Å². The van der Waals surface area contributed by atoms with Crippen LogP contribution in [0.15, 0.2) is 61.1 Å². The van der Waals surface area contributed by atoms with Crippen molar-refractivity contribution in [3.05, 3.63) is 82.8 Å². The van der Waals surface area contributed by atoms with Crippen molar-refractivity contribution in [1.29, 1.82) is 0 Å². The average Bonchev–Trinajstić information content (AvgIpc) is 3.61. The number of aromatic nitrogens is 3. The van der Waals surface area contributed by atoms with Gasteiger partial charge in [0.15, 0.2) is 0 Å². The fourth-order valence-corrected chi connectivity index (χ4v) is 4.26. The number of nitrogens with one attached hydrogen (secondary N) is 2. The summed E-state index contributed by atoms with van der Waals surface area (Å²) in [6, 6.07) is 13.0. The average molecular weight is 538 g/mol. The van der Waals surface area contributed by atoms with Crippen LogP contribution in [0.4, 0.5) is 5.69 Å². The number of amides is 2. The summed E-state index contributed by atoms with van der Waals surface area (Å²) in [7, 11) is 0. The lowest BCUT2D eigenvalue weighted by atomic mass is 9.95. The second-order valence-corrected chi connectivity index (χ2v) is 10.7. The summed E-state index contributed by atoms with van der Waals surface area (Å²) in [4.78, 5) is 29.8. The molecule has 37 heavy (non-hydrogen) atoms. The van der Waals surface area contributed by atoms with E-state index in [-0.39, 0.29) is 24.2 Å². The minimum Gasteiger partial charge on any atom is -0.352 e. The van der Waals surface area contributed by atoms with Crippen molar-refractivity contribution in [2.75, 3.05) is 5.32 Å². The van der Waals surface area contributed by atoms with E-state index in [1.807, 2.05) is 49.8 Å². The fraction of sp³-hybridized carbons (Fsp3) is 0.286. The van der Waals surface area contributed by atoms with E-state index in [1.54, 1.807) is 30.6 Å². The smallest absolute Gasteiger partial charge is 0.257 e. The van der Waals surface area contributed by atoms with Gasteiger partial charge in [-0.1, -0.05) is 44.5 Å². The molecule has 2 aromatic heterocycles. The lowest BCUT2D eigenvalue weighted by Gasteiger charge is -2.18. The Hall–Kier alpha value is -3.42. The van der Waals surface area contributed by atoms with Gasteiger partial charge in [0.2, 0.25) is 5.91 Å². The molecule has 1 saturated carbocycles. The lowest BCUT2D eigenvalue weighted by molar-refractivity contribution is -0.128. The molecule has 1 aliphatic carbocycles. The van der Waals surface area contributed by atoms with Gasteiger partial charge in [0.25, 0.3) is 5.91 Å². The Morgan fingerprint density at radius 3 is 2.59 bits per heavy atom. The highest BCUT2D eigenvalue weighted by atomic mass is 35.5. The Balaban J connectivity index is 0.00000320. The number of halogens is 2. The predicted molar refractivity (Wildman–Crippen MR) is 149 cm³/mol. The summed E-state index contributed by atoms with van der Waals surface area (Å²) in [6.07, 6.45) is 7.87. The molecular formula is C28H29Cl2N5O2. The highest BCUT2D eigenvalue weighted by Crippen LogP contribution is 2.40. The van der Waals surface area contributed by atoms with E-state index < -0.39 is 5.41 Å². The molecule has 2 N–H and O–H groups in total. The molecule has 0 unspecified atom stereocenters. The second kappa shape index (κ2) is 10.5. The maximum absolute atomic E-state index is 13.2. The van der Waals surface area contributed by atoms with E-state index in [1.165, 1.54) is 18.4 Å². The Labute approximate surface area is 227 Å². The molecule has 0 saturated heterocycles. The molecule has 4 aromatic rings.